The van der Waals surface area contributed by atoms with Crippen molar-refractivity contribution in [1.29, 1.82) is 0 Å². The summed E-state index contributed by atoms with van der Waals surface area (Å²) in [6.45, 7) is 3.38. The maximum absolute atomic E-state index is 11.9. The Kier molecular flexibility index (Phi) is 7.91. The first-order valence-electron chi connectivity index (χ1n) is 7.30. The van der Waals surface area contributed by atoms with Crippen LogP contribution < -0.4 is 5.32 Å². The monoisotopic (exact) mass is 325 g/mol. The molecule has 0 fully saturated rings. The quantitative estimate of drug-likeness (QED) is 0.786. The molecule has 0 heterocycles. The van der Waals surface area contributed by atoms with Gasteiger partial charge in [-0.2, -0.15) is 0 Å². The van der Waals surface area contributed by atoms with Crippen LogP contribution in [0.2, 0.25) is 5.02 Å². The topological polar surface area (TPSA) is 52.7 Å². The van der Waals surface area contributed by atoms with E-state index in [4.69, 9.17) is 11.6 Å². The van der Waals surface area contributed by atoms with E-state index < -0.39 is 0 Å². The summed E-state index contributed by atoms with van der Waals surface area (Å²) >= 11 is 5.91. The van der Waals surface area contributed by atoms with E-state index >= 15 is 0 Å². The largest absolute Gasteiger partial charge is 0.354 e. The molecule has 1 rings (SSSR count). The van der Waals surface area contributed by atoms with Crippen LogP contribution in [0, 0.1) is 0 Å². The number of halogens is 1. The SMILES string of the molecule is CC(=O)N(CCN(C)C)CC(=O)NCCc1cccc(Cl)c1. The van der Waals surface area contributed by atoms with Gasteiger partial charge in [0.1, 0.15) is 0 Å². The van der Waals surface area contributed by atoms with Crippen molar-refractivity contribution in [3.8, 4) is 0 Å². The molecule has 0 bridgehead atoms. The summed E-state index contributed by atoms with van der Waals surface area (Å²) in [4.78, 5) is 27.0. The Labute approximate surface area is 137 Å². The molecule has 22 heavy (non-hydrogen) atoms. The zero-order valence-electron chi connectivity index (χ0n) is 13.4. The highest BCUT2D eigenvalue weighted by molar-refractivity contribution is 6.30. The Bertz CT molecular complexity index is 506. The van der Waals surface area contributed by atoms with E-state index in [1.165, 1.54) is 6.92 Å². The molecule has 0 atom stereocenters. The van der Waals surface area contributed by atoms with Gasteiger partial charge in [0.2, 0.25) is 11.8 Å². The van der Waals surface area contributed by atoms with E-state index in [0.717, 1.165) is 12.1 Å². The third-order valence-corrected chi connectivity index (χ3v) is 3.46. The Morgan fingerprint density at radius 3 is 2.55 bits per heavy atom. The van der Waals surface area contributed by atoms with Crippen LogP contribution in [-0.2, 0) is 16.0 Å². The zero-order valence-corrected chi connectivity index (χ0v) is 14.2. The fraction of sp³-hybridized carbons (Fsp3) is 0.500. The molecule has 2 amide bonds. The van der Waals surface area contributed by atoms with Gasteiger partial charge in [-0.3, -0.25) is 9.59 Å². The average molecular weight is 326 g/mol. The minimum atomic E-state index is -0.143. The number of carbonyl (C=O) groups excluding carboxylic acids is 2. The molecule has 0 spiro atoms. The van der Waals surface area contributed by atoms with Crippen LogP contribution in [0.4, 0.5) is 0 Å². The normalized spacial score (nSPS) is 10.6. The van der Waals surface area contributed by atoms with Gasteiger partial charge in [0.25, 0.3) is 0 Å². The van der Waals surface area contributed by atoms with E-state index in [1.807, 2.05) is 43.3 Å². The van der Waals surface area contributed by atoms with Crippen molar-refractivity contribution in [2.24, 2.45) is 0 Å². The van der Waals surface area contributed by atoms with Crippen LogP contribution in [0.3, 0.4) is 0 Å². The molecule has 0 saturated carbocycles. The Hall–Kier alpha value is -1.59. The molecule has 0 radical (unpaired) electrons. The maximum atomic E-state index is 11.9. The van der Waals surface area contributed by atoms with Gasteiger partial charge in [0.05, 0.1) is 6.54 Å². The van der Waals surface area contributed by atoms with E-state index in [9.17, 15) is 9.59 Å². The molecule has 122 valence electrons. The number of hydrogen-bond donors (Lipinski definition) is 1. The Morgan fingerprint density at radius 2 is 1.95 bits per heavy atom. The zero-order chi connectivity index (χ0) is 16.5. The summed E-state index contributed by atoms with van der Waals surface area (Å²) in [6.07, 6.45) is 0.712. The molecule has 0 aliphatic heterocycles. The van der Waals surface area contributed by atoms with Gasteiger partial charge in [0.15, 0.2) is 0 Å². The van der Waals surface area contributed by atoms with Crippen LogP contribution in [0.1, 0.15) is 12.5 Å². The highest BCUT2D eigenvalue weighted by atomic mass is 35.5. The van der Waals surface area contributed by atoms with Crippen molar-refractivity contribution in [2.45, 2.75) is 13.3 Å². The van der Waals surface area contributed by atoms with Gasteiger partial charge >= 0.3 is 0 Å². The standard InChI is InChI=1S/C16H24ClN3O2/c1-13(21)20(10-9-19(2)3)12-16(22)18-8-7-14-5-4-6-15(17)11-14/h4-6,11H,7-10,12H2,1-3H3,(H,18,22). The highest BCUT2D eigenvalue weighted by Gasteiger charge is 2.13. The van der Waals surface area contributed by atoms with Crippen molar-refractivity contribution in [3.05, 3.63) is 34.9 Å². The molecule has 0 aliphatic rings. The maximum Gasteiger partial charge on any atom is 0.239 e. The van der Waals surface area contributed by atoms with Crippen molar-refractivity contribution >= 4 is 23.4 Å². The molecular weight excluding hydrogens is 302 g/mol. The summed E-state index contributed by atoms with van der Waals surface area (Å²) in [7, 11) is 3.87. The minimum absolute atomic E-state index is 0.0909. The first kappa shape index (κ1) is 18.5. The number of amides is 2. The van der Waals surface area contributed by atoms with Crippen LogP contribution in [0.25, 0.3) is 0 Å². The van der Waals surface area contributed by atoms with Crippen LogP contribution >= 0.6 is 11.6 Å². The highest BCUT2D eigenvalue weighted by Crippen LogP contribution is 2.10. The summed E-state index contributed by atoms with van der Waals surface area (Å²) in [5.41, 5.74) is 1.07. The first-order chi connectivity index (χ1) is 10.4. The molecule has 5 nitrogen and oxygen atoms in total. The average Bonchev–Trinajstić information content (AvgIpc) is 2.43. The second-order valence-corrected chi connectivity index (χ2v) is 5.91. The summed E-state index contributed by atoms with van der Waals surface area (Å²) in [6, 6.07) is 7.56. The molecule has 1 N–H and O–H groups in total. The second kappa shape index (κ2) is 9.43. The molecule has 1 aromatic carbocycles. The molecule has 0 saturated heterocycles. The number of nitrogens with one attached hydrogen (secondary N) is 1. The second-order valence-electron chi connectivity index (χ2n) is 5.47. The molecule has 1 aromatic rings. The summed E-state index contributed by atoms with van der Waals surface area (Å²) in [5.74, 6) is -0.233. The lowest BCUT2D eigenvalue weighted by atomic mass is 10.1. The van der Waals surface area contributed by atoms with Crippen molar-refractivity contribution < 1.29 is 9.59 Å². The molecule has 0 aromatic heterocycles. The van der Waals surface area contributed by atoms with E-state index in [2.05, 4.69) is 5.32 Å². The smallest absolute Gasteiger partial charge is 0.239 e. The van der Waals surface area contributed by atoms with Crippen molar-refractivity contribution in [2.75, 3.05) is 40.3 Å². The fourth-order valence-electron chi connectivity index (χ4n) is 1.94. The number of benzene rings is 1. The van der Waals surface area contributed by atoms with Crippen molar-refractivity contribution in [3.63, 3.8) is 0 Å². The van der Waals surface area contributed by atoms with Gasteiger partial charge in [-0.15, -0.1) is 0 Å². The Morgan fingerprint density at radius 1 is 1.23 bits per heavy atom. The van der Waals surface area contributed by atoms with Gasteiger partial charge < -0.3 is 15.1 Å². The third kappa shape index (κ3) is 7.43. The third-order valence-electron chi connectivity index (χ3n) is 3.22. The first-order valence-corrected chi connectivity index (χ1v) is 7.67. The van der Waals surface area contributed by atoms with Gasteiger partial charge in [0, 0.05) is 31.6 Å². The number of carbonyl (C=O) groups is 2. The number of hydrogen-bond acceptors (Lipinski definition) is 3. The predicted molar refractivity (Wildman–Crippen MR) is 89.0 cm³/mol. The van der Waals surface area contributed by atoms with Gasteiger partial charge in [-0.1, -0.05) is 23.7 Å². The lowest BCUT2D eigenvalue weighted by Gasteiger charge is -2.22. The number of nitrogens with zero attached hydrogens (tertiary/aromatic N) is 2. The van der Waals surface area contributed by atoms with Gasteiger partial charge in [-0.05, 0) is 38.2 Å². The van der Waals surface area contributed by atoms with Crippen LogP contribution in [-0.4, -0.2) is 61.9 Å². The summed E-state index contributed by atoms with van der Waals surface area (Å²) in [5, 5.41) is 3.52. The Balaban J connectivity index is 2.35. The van der Waals surface area contributed by atoms with E-state index in [0.29, 0.717) is 24.5 Å². The lowest BCUT2D eigenvalue weighted by molar-refractivity contribution is -0.134. The van der Waals surface area contributed by atoms with Crippen LogP contribution in [0.15, 0.2) is 24.3 Å². The predicted octanol–water partition coefficient (Wildman–Crippen LogP) is 1.41. The minimum Gasteiger partial charge on any atom is -0.354 e. The lowest BCUT2D eigenvalue weighted by Crippen LogP contribution is -2.43. The fourth-order valence-corrected chi connectivity index (χ4v) is 2.15. The molecule has 0 aliphatic carbocycles. The molecule has 0 unspecified atom stereocenters. The molecular formula is C16H24ClN3O2. The van der Waals surface area contributed by atoms with E-state index in [-0.39, 0.29) is 18.4 Å². The van der Waals surface area contributed by atoms with Crippen molar-refractivity contribution in [1.82, 2.24) is 15.1 Å². The van der Waals surface area contributed by atoms with Gasteiger partial charge in [-0.25, -0.2) is 0 Å². The van der Waals surface area contributed by atoms with E-state index in [1.54, 1.807) is 4.90 Å². The number of likely N-dealkylation sites (N-methyl/N-ethyl adjacent to an activating group) is 1. The number of rotatable bonds is 8. The van der Waals surface area contributed by atoms with Crippen LogP contribution in [0.5, 0.6) is 0 Å². The molecule has 6 heteroatoms. The summed E-state index contributed by atoms with van der Waals surface area (Å²) < 4.78 is 0.